The first kappa shape index (κ1) is 45.7. The molecule has 3 aromatic rings. The number of benzene rings is 2. The number of nitrogens with one attached hydrogen (secondary N) is 4. The molecule has 2 aromatic carbocycles. The maximum atomic E-state index is 15.1. The molecule has 0 bridgehead atoms. The molecule has 57 heavy (non-hydrogen) atoms. The summed E-state index contributed by atoms with van der Waals surface area (Å²) < 4.78 is 31.3. The van der Waals surface area contributed by atoms with Crippen molar-refractivity contribution in [1.29, 1.82) is 0 Å². The lowest BCUT2D eigenvalue weighted by molar-refractivity contribution is -0.139. The van der Waals surface area contributed by atoms with E-state index in [0.717, 1.165) is 23.8 Å². The Morgan fingerprint density at radius 3 is 2.16 bits per heavy atom. The lowest BCUT2D eigenvalue weighted by atomic mass is 9.83. The van der Waals surface area contributed by atoms with Crippen LogP contribution < -0.4 is 27.0 Å². The van der Waals surface area contributed by atoms with Gasteiger partial charge in [0.25, 0.3) is 0 Å². The molecule has 0 aliphatic rings. The second kappa shape index (κ2) is 21.0. The van der Waals surface area contributed by atoms with E-state index in [-0.39, 0.29) is 37.4 Å². The van der Waals surface area contributed by atoms with Gasteiger partial charge in [0.15, 0.2) is 0 Å². The van der Waals surface area contributed by atoms with Crippen LogP contribution in [0.15, 0.2) is 60.8 Å². The molecule has 7 N–H and O–H groups in total. The van der Waals surface area contributed by atoms with Crippen LogP contribution >= 0.6 is 0 Å². The fourth-order valence-electron chi connectivity index (χ4n) is 6.40. The van der Waals surface area contributed by atoms with E-state index in [4.69, 9.17) is 5.73 Å². The number of halogens is 2. The van der Waals surface area contributed by atoms with E-state index < -0.39 is 83.8 Å². The third-order valence-electron chi connectivity index (χ3n) is 9.15. The summed E-state index contributed by atoms with van der Waals surface area (Å²) in [6, 6.07) is 10.2. The van der Waals surface area contributed by atoms with Gasteiger partial charge in [-0.25, -0.2) is 8.78 Å². The number of primary amides is 1. The van der Waals surface area contributed by atoms with Crippen LogP contribution in [0.5, 0.6) is 0 Å². The number of aliphatic hydroxyl groups is 1. The van der Waals surface area contributed by atoms with E-state index in [1.807, 2.05) is 62.6 Å². The van der Waals surface area contributed by atoms with Gasteiger partial charge < -0.3 is 41.6 Å². The van der Waals surface area contributed by atoms with Crippen molar-refractivity contribution in [2.24, 2.45) is 11.1 Å². The van der Waals surface area contributed by atoms with E-state index in [1.54, 1.807) is 12.3 Å². The molecule has 4 atom stereocenters. The molecule has 1 heterocycles. The van der Waals surface area contributed by atoms with Crippen LogP contribution in [0.4, 0.5) is 8.78 Å². The van der Waals surface area contributed by atoms with Crippen molar-refractivity contribution in [3.8, 4) is 11.1 Å². The highest BCUT2D eigenvalue weighted by molar-refractivity contribution is 5.95. The predicted octanol–water partition coefficient (Wildman–Crippen LogP) is 3.07. The van der Waals surface area contributed by atoms with Crippen LogP contribution in [0.3, 0.4) is 0 Å². The van der Waals surface area contributed by atoms with Crippen molar-refractivity contribution in [3.05, 3.63) is 83.7 Å². The minimum absolute atomic E-state index is 0.0257. The quantitative estimate of drug-likeness (QED) is 0.0943. The highest BCUT2D eigenvalue weighted by Crippen LogP contribution is 2.41. The fourth-order valence-corrected chi connectivity index (χ4v) is 6.40. The Hall–Kier alpha value is -5.64. The summed E-state index contributed by atoms with van der Waals surface area (Å²) in [6.07, 6.45) is 2.14. The first-order valence-electron chi connectivity index (χ1n) is 18.9. The minimum atomic E-state index is -1.39. The van der Waals surface area contributed by atoms with E-state index in [9.17, 15) is 38.3 Å². The van der Waals surface area contributed by atoms with Crippen LogP contribution in [-0.4, -0.2) is 87.8 Å². The van der Waals surface area contributed by atoms with E-state index in [1.165, 1.54) is 18.7 Å². The van der Waals surface area contributed by atoms with Crippen molar-refractivity contribution < 1.29 is 42.7 Å². The summed E-state index contributed by atoms with van der Waals surface area (Å²) in [5.74, 6) is -5.19. The third kappa shape index (κ3) is 13.5. The Morgan fingerprint density at radius 1 is 0.895 bits per heavy atom. The van der Waals surface area contributed by atoms with Gasteiger partial charge in [-0.05, 0) is 61.9 Å². The zero-order valence-corrected chi connectivity index (χ0v) is 33.4. The van der Waals surface area contributed by atoms with Crippen molar-refractivity contribution in [2.45, 2.75) is 97.9 Å². The standard InChI is InChI=1S/C41H55F2N7O7/c1-7-12-35(53)46-25(2)38(55)47-26(3)39(56)48-32(21-34(44)52)40(57)45-17-11-18-50(36(54)24-51)37(41(4,5)6)33-19-28(30-20-29(42)15-16-31(30)43)23-49(33)22-27-13-9-8-10-14-27/h8-10,13-16,19-20,23,25-26,32,37,51H,7,11-12,17-18,21-22,24H2,1-6H3,(H2,44,52)(H,45,57)(H,46,53)(H,47,55)(H,48,56). The molecule has 3 rings (SSSR count). The summed E-state index contributed by atoms with van der Waals surface area (Å²) in [7, 11) is 0. The van der Waals surface area contributed by atoms with Gasteiger partial charge in [-0.3, -0.25) is 28.8 Å². The van der Waals surface area contributed by atoms with Gasteiger partial charge in [0.05, 0.1) is 12.5 Å². The molecular weight excluding hydrogens is 740 g/mol. The first-order valence-corrected chi connectivity index (χ1v) is 18.9. The van der Waals surface area contributed by atoms with Gasteiger partial charge in [-0.15, -0.1) is 0 Å². The number of aliphatic hydroxyl groups excluding tert-OH is 1. The number of hydrogen-bond donors (Lipinski definition) is 6. The molecule has 6 amide bonds. The maximum Gasteiger partial charge on any atom is 0.248 e. The zero-order valence-electron chi connectivity index (χ0n) is 33.4. The predicted molar refractivity (Wildman–Crippen MR) is 210 cm³/mol. The number of carbonyl (C=O) groups is 6. The Balaban J connectivity index is 1.81. The maximum absolute atomic E-state index is 15.1. The van der Waals surface area contributed by atoms with E-state index >= 15 is 4.39 Å². The molecule has 310 valence electrons. The molecule has 16 heteroatoms. The molecule has 14 nitrogen and oxygen atoms in total. The summed E-state index contributed by atoms with van der Waals surface area (Å²) in [6.45, 7) is 9.89. The molecule has 0 aliphatic carbocycles. The van der Waals surface area contributed by atoms with E-state index in [2.05, 4.69) is 21.3 Å². The Labute approximate surface area is 331 Å². The number of rotatable bonds is 20. The molecule has 0 saturated heterocycles. The highest BCUT2D eigenvalue weighted by atomic mass is 19.1. The van der Waals surface area contributed by atoms with E-state index in [0.29, 0.717) is 24.2 Å². The number of carbonyl (C=O) groups excluding carboxylic acids is 6. The topological polar surface area (TPSA) is 205 Å². The molecule has 4 unspecified atom stereocenters. The molecule has 0 radical (unpaired) electrons. The number of nitrogens with two attached hydrogens (primary N) is 1. The SMILES string of the molecule is CCCC(=O)NC(C)C(=O)NC(C)C(=O)NC(CC(N)=O)C(=O)NCCCN(C(=O)CO)C(c1cc(-c2cc(F)ccc2F)cn1Cc1ccccc1)C(C)(C)C. The monoisotopic (exact) mass is 795 g/mol. The van der Waals surface area contributed by atoms with Gasteiger partial charge >= 0.3 is 0 Å². The second-order valence-electron chi connectivity index (χ2n) is 15.1. The molecule has 0 fully saturated rings. The molecule has 0 saturated carbocycles. The van der Waals surface area contributed by atoms with Crippen molar-refractivity contribution >= 4 is 35.4 Å². The molecular formula is C41H55F2N7O7. The molecule has 0 spiro atoms. The zero-order chi connectivity index (χ0) is 42.4. The minimum Gasteiger partial charge on any atom is -0.387 e. The van der Waals surface area contributed by atoms with Gasteiger partial charge in [0.2, 0.25) is 35.4 Å². The molecule has 0 aliphatic heterocycles. The fraction of sp³-hybridized carbons (Fsp3) is 0.463. The van der Waals surface area contributed by atoms with Crippen molar-refractivity contribution in [1.82, 2.24) is 30.7 Å². The van der Waals surface area contributed by atoms with Crippen LogP contribution in [-0.2, 0) is 35.3 Å². The van der Waals surface area contributed by atoms with Gasteiger partial charge in [0.1, 0.15) is 36.4 Å². The third-order valence-corrected chi connectivity index (χ3v) is 9.15. The van der Waals surface area contributed by atoms with Gasteiger partial charge in [-0.1, -0.05) is 58.0 Å². The Morgan fingerprint density at radius 2 is 1.54 bits per heavy atom. The number of hydrogen-bond acceptors (Lipinski definition) is 7. The van der Waals surface area contributed by atoms with Crippen molar-refractivity contribution in [3.63, 3.8) is 0 Å². The lowest BCUT2D eigenvalue weighted by Crippen LogP contribution is -2.56. The highest BCUT2D eigenvalue weighted by Gasteiger charge is 2.37. The summed E-state index contributed by atoms with van der Waals surface area (Å²) in [5.41, 5.74) is 6.65. The largest absolute Gasteiger partial charge is 0.387 e. The lowest BCUT2D eigenvalue weighted by Gasteiger charge is -2.41. The van der Waals surface area contributed by atoms with Crippen LogP contribution in [0, 0.1) is 17.0 Å². The number of nitrogens with zero attached hydrogens (tertiary/aromatic N) is 2. The average molecular weight is 796 g/mol. The summed E-state index contributed by atoms with van der Waals surface area (Å²) in [4.78, 5) is 77.5. The second-order valence-corrected chi connectivity index (χ2v) is 15.1. The summed E-state index contributed by atoms with van der Waals surface area (Å²) >= 11 is 0. The van der Waals surface area contributed by atoms with Crippen molar-refractivity contribution in [2.75, 3.05) is 19.7 Å². The van der Waals surface area contributed by atoms with Crippen LogP contribution in [0.25, 0.3) is 11.1 Å². The first-order chi connectivity index (χ1) is 26.9. The summed E-state index contributed by atoms with van der Waals surface area (Å²) in [5, 5.41) is 20.2. The van der Waals surface area contributed by atoms with Gasteiger partial charge in [-0.2, -0.15) is 0 Å². The van der Waals surface area contributed by atoms with Gasteiger partial charge in [0, 0.05) is 49.1 Å². The smallest absolute Gasteiger partial charge is 0.248 e. The Bertz CT molecular complexity index is 1880. The van der Waals surface area contributed by atoms with Crippen LogP contribution in [0.2, 0.25) is 0 Å². The number of amides is 6. The average Bonchev–Trinajstić information content (AvgIpc) is 3.54. The molecule has 1 aromatic heterocycles. The Kier molecular flexibility index (Phi) is 16.9. The normalized spacial score (nSPS) is 13.4. The van der Waals surface area contributed by atoms with Crippen LogP contribution in [0.1, 0.15) is 84.5 Å². The number of aromatic nitrogens is 1.